The van der Waals surface area contributed by atoms with Crippen molar-refractivity contribution in [2.24, 2.45) is 17.8 Å². The molecule has 0 saturated carbocycles. The van der Waals surface area contributed by atoms with Gasteiger partial charge >= 0.3 is 0 Å². The molecule has 3 saturated heterocycles. The number of rotatable bonds is 1. The van der Waals surface area contributed by atoms with Crippen molar-refractivity contribution in [2.45, 2.75) is 45.5 Å². The molecule has 0 aromatic heterocycles. The van der Waals surface area contributed by atoms with Crippen LogP contribution in [-0.2, 0) is 9.47 Å². The molecule has 3 rings (SSSR count). The van der Waals surface area contributed by atoms with Gasteiger partial charge in [-0.05, 0) is 24.7 Å². The topological polar surface area (TPSA) is 18.5 Å². The van der Waals surface area contributed by atoms with Crippen molar-refractivity contribution >= 4 is 22.6 Å². The van der Waals surface area contributed by atoms with Gasteiger partial charge in [0.25, 0.3) is 0 Å². The van der Waals surface area contributed by atoms with Gasteiger partial charge in [0.15, 0.2) is 6.29 Å². The quantitative estimate of drug-likeness (QED) is 0.545. The first-order valence-corrected chi connectivity index (χ1v) is 7.59. The Bertz CT molecular complexity index is 206. The fourth-order valence-electron chi connectivity index (χ4n) is 2.85. The largest absolute Gasteiger partial charge is 0.352 e. The van der Waals surface area contributed by atoms with Crippen LogP contribution in [0.15, 0.2) is 0 Å². The van der Waals surface area contributed by atoms with E-state index in [4.69, 9.17) is 9.47 Å². The molecule has 0 N–H and O–H groups in total. The summed E-state index contributed by atoms with van der Waals surface area (Å²) in [5, 5.41) is 0. The smallest absolute Gasteiger partial charge is 0.160 e. The molecular formula is C12H21IO2. The Morgan fingerprint density at radius 1 is 1.20 bits per heavy atom. The Balaban J connectivity index is 2.16. The van der Waals surface area contributed by atoms with E-state index in [-0.39, 0.29) is 6.29 Å². The molecule has 2 bridgehead atoms. The Morgan fingerprint density at radius 2 is 2.00 bits per heavy atom. The third-order valence-electron chi connectivity index (χ3n) is 4.09. The highest BCUT2D eigenvalue weighted by Gasteiger charge is 2.41. The summed E-state index contributed by atoms with van der Waals surface area (Å²) in [6.07, 6.45) is 4.28. The Labute approximate surface area is 106 Å². The maximum absolute atomic E-state index is 6.07. The molecule has 0 aromatic rings. The van der Waals surface area contributed by atoms with Gasteiger partial charge in [0.2, 0.25) is 0 Å². The summed E-state index contributed by atoms with van der Waals surface area (Å²) in [5.41, 5.74) is 0. The van der Waals surface area contributed by atoms with Crippen LogP contribution in [0.4, 0.5) is 0 Å². The third kappa shape index (κ3) is 2.50. The molecule has 2 nitrogen and oxygen atoms in total. The lowest BCUT2D eigenvalue weighted by Crippen LogP contribution is -2.47. The molecular weight excluding hydrogens is 303 g/mol. The summed E-state index contributed by atoms with van der Waals surface area (Å²) >= 11 is 2.44. The molecule has 3 heteroatoms. The molecule has 0 radical (unpaired) electrons. The van der Waals surface area contributed by atoms with Crippen molar-refractivity contribution in [3.8, 4) is 0 Å². The van der Waals surface area contributed by atoms with Crippen molar-refractivity contribution in [3.05, 3.63) is 0 Å². The number of halogens is 1. The lowest BCUT2D eigenvalue weighted by Gasteiger charge is -2.43. The second-order valence-corrected chi connectivity index (χ2v) is 5.83. The summed E-state index contributed by atoms with van der Waals surface area (Å²) in [6.45, 7) is 5.53. The molecule has 5 atom stereocenters. The normalized spacial score (nSPS) is 47.0. The van der Waals surface area contributed by atoms with Crippen molar-refractivity contribution in [2.75, 3.05) is 11.0 Å². The minimum atomic E-state index is 0.0501. The van der Waals surface area contributed by atoms with Gasteiger partial charge < -0.3 is 9.47 Å². The van der Waals surface area contributed by atoms with Crippen molar-refractivity contribution in [1.82, 2.24) is 0 Å². The first kappa shape index (κ1) is 12.1. The molecule has 0 aliphatic carbocycles. The molecule has 0 aromatic carbocycles. The zero-order valence-electron chi connectivity index (χ0n) is 9.62. The van der Waals surface area contributed by atoms with Crippen molar-refractivity contribution in [3.63, 3.8) is 0 Å². The highest BCUT2D eigenvalue weighted by molar-refractivity contribution is 14.1. The number of hydrogen-bond donors (Lipinski definition) is 0. The lowest BCUT2D eigenvalue weighted by atomic mass is 9.76. The fourth-order valence-corrected chi connectivity index (χ4v) is 3.71. The molecule has 5 unspecified atom stereocenters. The van der Waals surface area contributed by atoms with Crippen LogP contribution in [0.25, 0.3) is 0 Å². The van der Waals surface area contributed by atoms with Gasteiger partial charge in [-0.2, -0.15) is 0 Å². The predicted molar refractivity (Wildman–Crippen MR) is 69.2 cm³/mol. The van der Waals surface area contributed by atoms with E-state index in [2.05, 4.69) is 36.4 Å². The average Bonchev–Trinajstić information content (AvgIpc) is 2.38. The van der Waals surface area contributed by atoms with E-state index in [1.54, 1.807) is 0 Å². The van der Waals surface area contributed by atoms with Gasteiger partial charge in [0.05, 0.1) is 6.10 Å². The Morgan fingerprint density at radius 3 is 2.73 bits per heavy atom. The second-order valence-electron chi connectivity index (χ2n) is 4.95. The zero-order valence-corrected chi connectivity index (χ0v) is 11.8. The van der Waals surface area contributed by atoms with Crippen LogP contribution in [0.3, 0.4) is 0 Å². The van der Waals surface area contributed by atoms with E-state index >= 15 is 0 Å². The first-order valence-electron chi connectivity index (χ1n) is 6.07. The molecule has 3 heterocycles. The van der Waals surface area contributed by atoms with Crippen molar-refractivity contribution in [1.29, 1.82) is 0 Å². The van der Waals surface area contributed by atoms with E-state index in [0.717, 1.165) is 22.9 Å². The maximum atomic E-state index is 6.07. The summed E-state index contributed by atoms with van der Waals surface area (Å²) in [7, 11) is 0. The molecule has 15 heavy (non-hydrogen) atoms. The molecule has 3 aliphatic rings. The number of alkyl halides is 1. The maximum Gasteiger partial charge on any atom is 0.160 e. The van der Waals surface area contributed by atoms with E-state index in [1.165, 1.54) is 19.3 Å². The summed E-state index contributed by atoms with van der Waals surface area (Å²) in [5.74, 6) is 2.03. The standard InChI is InChI=1S/C12H21IO2/c1-8-9(2)12-14-6-4-3-5-10(8)11(7-13)15-12/h8-12H,3-7H2,1-2H3. The Hall–Kier alpha value is 0.650. The first-order chi connectivity index (χ1) is 7.24. The minimum absolute atomic E-state index is 0.0501. The highest BCUT2D eigenvalue weighted by atomic mass is 127. The summed E-state index contributed by atoms with van der Waals surface area (Å²) < 4.78 is 13.0. The van der Waals surface area contributed by atoms with Crippen LogP contribution in [0.5, 0.6) is 0 Å². The van der Waals surface area contributed by atoms with Gasteiger partial charge in [-0.15, -0.1) is 0 Å². The molecule has 0 amide bonds. The van der Waals surface area contributed by atoms with Gasteiger partial charge in [-0.3, -0.25) is 0 Å². The second kappa shape index (κ2) is 5.32. The summed E-state index contributed by atoms with van der Waals surface area (Å²) in [6, 6.07) is 0. The third-order valence-corrected chi connectivity index (χ3v) is 4.95. The Kier molecular flexibility index (Phi) is 4.30. The van der Waals surface area contributed by atoms with Crippen LogP contribution < -0.4 is 0 Å². The average molecular weight is 324 g/mol. The van der Waals surface area contributed by atoms with E-state index in [1.807, 2.05) is 0 Å². The predicted octanol–water partition coefficient (Wildman–Crippen LogP) is 3.24. The minimum Gasteiger partial charge on any atom is -0.352 e. The van der Waals surface area contributed by atoms with E-state index < -0.39 is 0 Å². The van der Waals surface area contributed by atoms with Gasteiger partial charge in [-0.25, -0.2) is 0 Å². The molecule has 0 spiro atoms. The molecule has 3 aliphatic heterocycles. The van der Waals surface area contributed by atoms with Crippen LogP contribution in [0.1, 0.15) is 33.1 Å². The van der Waals surface area contributed by atoms with Crippen LogP contribution >= 0.6 is 22.6 Å². The number of ether oxygens (including phenoxy) is 2. The molecule has 3 fully saturated rings. The van der Waals surface area contributed by atoms with E-state index in [0.29, 0.717) is 12.0 Å². The van der Waals surface area contributed by atoms with E-state index in [9.17, 15) is 0 Å². The summed E-state index contributed by atoms with van der Waals surface area (Å²) in [4.78, 5) is 0. The lowest BCUT2D eigenvalue weighted by molar-refractivity contribution is -0.239. The van der Waals surface area contributed by atoms with Crippen LogP contribution in [0.2, 0.25) is 0 Å². The van der Waals surface area contributed by atoms with Crippen molar-refractivity contribution < 1.29 is 9.47 Å². The van der Waals surface area contributed by atoms with Gasteiger partial charge in [-0.1, -0.05) is 42.9 Å². The van der Waals surface area contributed by atoms with Crippen LogP contribution in [0, 0.1) is 17.8 Å². The fraction of sp³-hybridized carbons (Fsp3) is 1.00. The molecule has 88 valence electrons. The van der Waals surface area contributed by atoms with Crippen LogP contribution in [-0.4, -0.2) is 23.4 Å². The zero-order chi connectivity index (χ0) is 10.8. The SMILES string of the molecule is CC1C2OCCCCC(C(CI)O2)C1C. The highest BCUT2D eigenvalue weighted by Crippen LogP contribution is 2.40. The number of fused-ring (bicyclic) bond motifs is 6. The van der Waals surface area contributed by atoms with Gasteiger partial charge in [0.1, 0.15) is 0 Å². The number of hydrogen-bond acceptors (Lipinski definition) is 2. The monoisotopic (exact) mass is 324 g/mol. The van der Waals surface area contributed by atoms with Gasteiger partial charge in [0, 0.05) is 17.0 Å².